The summed E-state index contributed by atoms with van der Waals surface area (Å²) in [6, 6.07) is 2.09. The molecule has 0 aromatic carbocycles. The van der Waals surface area contributed by atoms with Crippen molar-refractivity contribution in [3.8, 4) is 28.7 Å². The number of anilines is 1. The Morgan fingerprint density at radius 2 is 2.07 bits per heavy atom. The Bertz CT molecular complexity index is 1060. The van der Waals surface area contributed by atoms with Crippen molar-refractivity contribution in [1.82, 2.24) is 29.3 Å². The van der Waals surface area contributed by atoms with Crippen LogP contribution in [0.25, 0.3) is 22.9 Å². The Kier molecular flexibility index (Phi) is 4.25. The molecular formula is C20H24FN7O. The van der Waals surface area contributed by atoms with Crippen LogP contribution in [0.4, 0.5) is 10.2 Å². The van der Waals surface area contributed by atoms with Gasteiger partial charge in [0.15, 0.2) is 5.82 Å². The highest BCUT2D eigenvalue weighted by molar-refractivity contribution is 5.69. The van der Waals surface area contributed by atoms with E-state index in [0.29, 0.717) is 32.7 Å². The van der Waals surface area contributed by atoms with Crippen LogP contribution in [0.15, 0.2) is 18.5 Å². The van der Waals surface area contributed by atoms with Gasteiger partial charge in [0.05, 0.1) is 18.7 Å². The molecule has 1 saturated heterocycles. The molecule has 1 fully saturated rings. The van der Waals surface area contributed by atoms with E-state index in [2.05, 4.69) is 33.5 Å². The van der Waals surface area contributed by atoms with Crippen molar-refractivity contribution >= 4 is 5.82 Å². The summed E-state index contributed by atoms with van der Waals surface area (Å²) in [7, 11) is 0. The lowest BCUT2D eigenvalue weighted by Crippen LogP contribution is -2.21. The molecule has 9 heteroatoms. The molecule has 0 N–H and O–H groups in total. The molecule has 5 heterocycles. The maximum absolute atomic E-state index is 13.6. The van der Waals surface area contributed by atoms with Crippen LogP contribution in [0.5, 0.6) is 5.75 Å². The Balaban J connectivity index is 1.55. The Labute approximate surface area is 168 Å². The van der Waals surface area contributed by atoms with Gasteiger partial charge in [0.1, 0.15) is 41.7 Å². The van der Waals surface area contributed by atoms with E-state index in [4.69, 9.17) is 9.72 Å². The SMILES string of the molecule is Cc1nc(-c2cn3c(n2)-c2cnc(N4CC[C@H](F)C4)cc2OCC3)n(C(C)C)n1. The van der Waals surface area contributed by atoms with Crippen LogP contribution in [0, 0.1) is 6.92 Å². The average Bonchev–Trinajstić information content (AvgIpc) is 3.38. The van der Waals surface area contributed by atoms with E-state index in [1.807, 2.05) is 28.8 Å². The summed E-state index contributed by atoms with van der Waals surface area (Å²) in [5.74, 6) is 3.77. The molecule has 5 rings (SSSR count). The van der Waals surface area contributed by atoms with Crippen LogP contribution in [0.3, 0.4) is 0 Å². The topological polar surface area (TPSA) is 73.9 Å². The van der Waals surface area contributed by atoms with Crippen LogP contribution < -0.4 is 9.64 Å². The van der Waals surface area contributed by atoms with Gasteiger partial charge in [0.2, 0.25) is 0 Å². The van der Waals surface area contributed by atoms with Gasteiger partial charge < -0.3 is 14.2 Å². The molecular weight excluding hydrogens is 373 g/mol. The number of imidazole rings is 1. The maximum atomic E-state index is 13.6. The lowest BCUT2D eigenvalue weighted by atomic mass is 10.2. The summed E-state index contributed by atoms with van der Waals surface area (Å²) in [4.78, 5) is 16.0. The van der Waals surface area contributed by atoms with Crippen molar-refractivity contribution in [2.24, 2.45) is 0 Å². The van der Waals surface area contributed by atoms with Crippen molar-refractivity contribution in [3.05, 3.63) is 24.3 Å². The minimum Gasteiger partial charge on any atom is -0.491 e. The number of halogens is 1. The third-order valence-corrected chi connectivity index (χ3v) is 5.37. The largest absolute Gasteiger partial charge is 0.491 e. The van der Waals surface area contributed by atoms with E-state index in [-0.39, 0.29) is 6.04 Å². The van der Waals surface area contributed by atoms with E-state index in [9.17, 15) is 4.39 Å². The predicted molar refractivity (Wildman–Crippen MR) is 107 cm³/mol. The van der Waals surface area contributed by atoms with E-state index in [0.717, 1.165) is 40.3 Å². The quantitative estimate of drug-likeness (QED) is 0.676. The predicted octanol–water partition coefficient (Wildman–Crippen LogP) is 3.03. The first kappa shape index (κ1) is 18.1. The third-order valence-electron chi connectivity index (χ3n) is 5.37. The molecule has 0 spiro atoms. The zero-order chi connectivity index (χ0) is 20.1. The normalized spacial score (nSPS) is 18.5. The molecule has 29 heavy (non-hydrogen) atoms. The molecule has 3 aromatic heterocycles. The number of ether oxygens (including phenoxy) is 1. The van der Waals surface area contributed by atoms with Gasteiger partial charge in [0, 0.05) is 31.0 Å². The first-order chi connectivity index (χ1) is 14.0. The van der Waals surface area contributed by atoms with Gasteiger partial charge in [-0.1, -0.05) is 0 Å². The molecule has 0 aliphatic carbocycles. The monoisotopic (exact) mass is 397 g/mol. The second-order valence-corrected chi connectivity index (χ2v) is 7.88. The highest BCUT2D eigenvalue weighted by Crippen LogP contribution is 2.36. The summed E-state index contributed by atoms with van der Waals surface area (Å²) in [6.07, 6.45) is 3.53. The third kappa shape index (κ3) is 3.14. The number of hydrogen-bond donors (Lipinski definition) is 0. The number of pyridine rings is 1. The summed E-state index contributed by atoms with van der Waals surface area (Å²) in [5, 5.41) is 4.50. The van der Waals surface area contributed by atoms with Crippen molar-refractivity contribution in [3.63, 3.8) is 0 Å². The Hall–Kier alpha value is -2.97. The lowest BCUT2D eigenvalue weighted by molar-refractivity contribution is 0.306. The van der Waals surface area contributed by atoms with Crippen molar-refractivity contribution in [2.45, 2.75) is 46.0 Å². The van der Waals surface area contributed by atoms with Crippen LogP contribution in [0.2, 0.25) is 0 Å². The van der Waals surface area contributed by atoms with Gasteiger partial charge in [-0.25, -0.2) is 24.0 Å². The molecule has 152 valence electrons. The molecule has 2 aliphatic rings. The maximum Gasteiger partial charge on any atom is 0.178 e. The smallest absolute Gasteiger partial charge is 0.178 e. The van der Waals surface area contributed by atoms with Crippen LogP contribution in [-0.4, -0.2) is 55.2 Å². The van der Waals surface area contributed by atoms with Crippen molar-refractivity contribution in [1.29, 1.82) is 0 Å². The Morgan fingerprint density at radius 1 is 1.21 bits per heavy atom. The van der Waals surface area contributed by atoms with Gasteiger partial charge in [-0.2, -0.15) is 5.10 Å². The van der Waals surface area contributed by atoms with Crippen LogP contribution in [-0.2, 0) is 6.54 Å². The number of rotatable bonds is 3. The molecule has 0 saturated carbocycles. The van der Waals surface area contributed by atoms with Crippen LogP contribution in [0.1, 0.15) is 32.1 Å². The Morgan fingerprint density at radius 3 is 2.83 bits per heavy atom. The number of hydrogen-bond acceptors (Lipinski definition) is 6. The van der Waals surface area contributed by atoms with E-state index >= 15 is 0 Å². The fourth-order valence-electron chi connectivity index (χ4n) is 3.94. The molecule has 8 nitrogen and oxygen atoms in total. The van der Waals surface area contributed by atoms with Crippen molar-refractivity contribution in [2.75, 3.05) is 24.6 Å². The number of nitrogens with zero attached hydrogens (tertiary/aromatic N) is 7. The number of alkyl halides is 1. The van der Waals surface area contributed by atoms with Crippen molar-refractivity contribution < 1.29 is 9.13 Å². The van der Waals surface area contributed by atoms with Gasteiger partial charge in [0.25, 0.3) is 0 Å². The van der Waals surface area contributed by atoms with E-state index < -0.39 is 6.17 Å². The highest BCUT2D eigenvalue weighted by Gasteiger charge is 2.26. The zero-order valence-corrected chi connectivity index (χ0v) is 16.8. The molecule has 0 unspecified atom stereocenters. The van der Waals surface area contributed by atoms with E-state index in [1.54, 1.807) is 6.20 Å². The molecule has 2 aliphatic heterocycles. The first-order valence-corrected chi connectivity index (χ1v) is 10.0. The summed E-state index contributed by atoms with van der Waals surface area (Å²) >= 11 is 0. The molecule has 0 radical (unpaired) electrons. The van der Waals surface area contributed by atoms with Gasteiger partial charge in [-0.05, 0) is 27.2 Å². The van der Waals surface area contributed by atoms with Gasteiger partial charge in [-0.15, -0.1) is 0 Å². The summed E-state index contributed by atoms with van der Waals surface area (Å²) in [5.41, 5.74) is 1.62. The fraction of sp³-hybridized carbons (Fsp3) is 0.500. The van der Waals surface area contributed by atoms with Crippen LogP contribution >= 0.6 is 0 Å². The zero-order valence-electron chi connectivity index (χ0n) is 16.8. The highest BCUT2D eigenvalue weighted by atomic mass is 19.1. The first-order valence-electron chi connectivity index (χ1n) is 10.0. The van der Waals surface area contributed by atoms with E-state index in [1.165, 1.54) is 0 Å². The summed E-state index contributed by atoms with van der Waals surface area (Å²) < 4.78 is 23.5. The number of fused-ring (bicyclic) bond motifs is 3. The lowest BCUT2D eigenvalue weighted by Gasteiger charge is -2.17. The number of aryl methyl sites for hydroxylation is 1. The fourth-order valence-corrected chi connectivity index (χ4v) is 3.94. The van der Waals surface area contributed by atoms with Gasteiger partial charge in [-0.3, -0.25) is 0 Å². The number of aromatic nitrogens is 6. The second-order valence-electron chi connectivity index (χ2n) is 7.88. The molecule has 1 atom stereocenters. The standard InChI is InChI=1S/C20H24FN7O/c1-12(2)28-20(23-13(3)25-28)16-11-27-6-7-29-17-8-18(26-5-4-14(21)10-26)22-9-15(17)19(27)24-16/h8-9,11-12,14H,4-7,10H2,1-3H3/t14-/m0/s1. The minimum absolute atomic E-state index is 0.187. The molecule has 0 bridgehead atoms. The molecule has 3 aromatic rings. The average molecular weight is 397 g/mol. The second kappa shape index (κ2) is 6.82. The summed E-state index contributed by atoms with van der Waals surface area (Å²) in [6.45, 7) is 8.31. The molecule has 0 amide bonds. The van der Waals surface area contributed by atoms with Gasteiger partial charge >= 0.3 is 0 Å². The minimum atomic E-state index is -0.792.